The van der Waals surface area contributed by atoms with E-state index in [9.17, 15) is 0 Å². The zero-order valence-electron chi connectivity index (χ0n) is 19.2. The molecule has 0 aliphatic carbocycles. The van der Waals surface area contributed by atoms with Crippen molar-refractivity contribution in [3.05, 3.63) is 67.1 Å². The third-order valence-corrected chi connectivity index (χ3v) is 6.66. The van der Waals surface area contributed by atoms with Gasteiger partial charge in [0, 0.05) is 23.4 Å². The molecule has 0 amide bonds. The molecule has 0 saturated heterocycles. The Morgan fingerprint density at radius 2 is 1.47 bits per heavy atom. The number of rotatable bonds is 7. The molecule has 2 heterocycles. The predicted molar refractivity (Wildman–Crippen MR) is 134 cm³/mol. The number of thiazole rings is 1. The van der Waals surface area contributed by atoms with Crippen LogP contribution in [0.4, 0.5) is 0 Å². The summed E-state index contributed by atoms with van der Waals surface area (Å²) in [5, 5.41) is 0.958. The van der Waals surface area contributed by atoms with Crippen molar-refractivity contribution in [3.8, 4) is 50.5 Å². The van der Waals surface area contributed by atoms with E-state index in [1.807, 2.05) is 34.9 Å². The first-order chi connectivity index (χ1) is 16.6. The lowest BCUT2D eigenvalue weighted by atomic mass is 10.1. The minimum Gasteiger partial charge on any atom is -0.497 e. The first-order valence-electron chi connectivity index (χ1n) is 10.5. The van der Waals surface area contributed by atoms with E-state index in [0.29, 0.717) is 17.2 Å². The van der Waals surface area contributed by atoms with Gasteiger partial charge in [-0.1, -0.05) is 0 Å². The smallest absolute Gasteiger partial charge is 0.135 e. The van der Waals surface area contributed by atoms with Crippen LogP contribution in [0.2, 0.25) is 0 Å². The number of hydrogen-bond donors (Lipinski definition) is 0. The van der Waals surface area contributed by atoms with Crippen LogP contribution in [-0.4, -0.2) is 43.0 Å². The summed E-state index contributed by atoms with van der Waals surface area (Å²) in [5.74, 6) is 2.76. The van der Waals surface area contributed by atoms with Gasteiger partial charge in [-0.15, -0.1) is 11.3 Å². The molecule has 5 rings (SSSR count). The maximum absolute atomic E-state index is 5.65. The highest BCUT2D eigenvalue weighted by Crippen LogP contribution is 2.42. The number of imidazole rings is 1. The van der Waals surface area contributed by atoms with E-state index in [4.69, 9.17) is 23.9 Å². The molecule has 0 saturated carbocycles. The normalized spacial score (nSPS) is 10.9. The van der Waals surface area contributed by atoms with Crippen LogP contribution in [0.5, 0.6) is 23.0 Å². The first kappa shape index (κ1) is 21.8. The summed E-state index contributed by atoms with van der Waals surface area (Å²) in [5.41, 5.74) is 4.60. The van der Waals surface area contributed by atoms with Crippen LogP contribution in [0.25, 0.3) is 37.7 Å². The highest BCUT2D eigenvalue weighted by atomic mass is 32.1. The number of benzene rings is 3. The Morgan fingerprint density at radius 3 is 2.12 bits per heavy atom. The quantitative estimate of drug-likeness (QED) is 0.295. The Kier molecular flexibility index (Phi) is 5.81. The van der Waals surface area contributed by atoms with Crippen molar-refractivity contribution in [3.63, 3.8) is 0 Å². The molecule has 0 spiro atoms. The number of methoxy groups -OCH3 is 4. The molecule has 172 valence electrons. The van der Waals surface area contributed by atoms with E-state index in [1.165, 1.54) is 0 Å². The van der Waals surface area contributed by atoms with Gasteiger partial charge in [0.1, 0.15) is 28.0 Å². The van der Waals surface area contributed by atoms with Gasteiger partial charge in [0.15, 0.2) is 0 Å². The maximum atomic E-state index is 5.65. The van der Waals surface area contributed by atoms with Gasteiger partial charge in [0.2, 0.25) is 0 Å². The van der Waals surface area contributed by atoms with Gasteiger partial charge in [-0.25, -0.2) is 9.97 Å². The third kappa shape index (κ3) is 3.82. The van der Waals surface area contributed by atoms with E-state index < -0.39 is 0 Å². The van der Waals surface area contributed by atoms with E-state index >= 15 is 0 Å². The van der Waals surface area contributed by atoms with E-state index in [1.54, 1.807) is 52.3 Å². The second-order valence-electron chi connectivity index (χ2n) is 7.46. The Hall–Kier alpha value is -4.04. The van der Waals surface area contributed by atoms with Crippen molar-refractivity contribution >= 4 is 21.6 Å². The molecule has 0 bridgehead atoms. The molecular formula is C26H23N3O4S. The lowest BCUT2D eigenvalue weighted by Crippen LogP contribution is -2.00. The Balaban J connectivity index is 1.53. The fourth-order valence-electron chi connectivity index (χ4n) is 3.86. The van der Waals surface area contributed by atoms with Gasteiger partial charge in [-0.05, 0) is 42.5 Å². The molecule has 5 aromatic rings. The lowest BCUT2D eigenvalue weighted by Gasteiger charge is -2.16. The predicted octanol–water partition coefficient (Wildman–Crippen LogP) is 5.85. The fraction of sp³-hybridized carbons (Fsp3) is 0.154. The topological polar surface area (TPSA) is 67.6 Å². The van der Waals surface area contributed by atoms with Crippen LogP contribution >= 0.6 is 11.3 Å². The summed E-state index contributed by atoms with van der Waals surface area (Å²) in [6, 6.07) is 17.8. The molecule has 0 N–H and O–H groups in total. The van der Waals surface area contributed by atoms with Crippen molar-refractivity contribution in [1.29, 1.82) is 0 Å². The van der Waals surface area contributed by atoms with Crippen LogP contribution < -0.4 is 18.9 Å². The highest BCUT2D eigenvalue weighted by molar-refractivity contribution is 7.21. The monoisotopic (exact) mass is 473 g/mol. The molecule has 7 nitrogen and oxygen atoms in total. The van der Waals surface area contributed by atoms with Crippen molar-refractivity contribution in [2.45, 2.75) is 0 Å². The highest BCUT2D eigenvalue weighted by Gasteiger charge is 2.19. The summed E-state index contributed by atoms with van der Waals surface area (Å²) >= 11 is 1.64. The maximum Gasteiger partial charge on any atom is 0.135 e. The second-order valence-corrected chi connectivity index (χ2v) is 8.49. The summed E-state index contributed by atoms with van der Waals surface area (Å²) in [7, 11) is 6.53. The van der Waals surface area contributed by atoms with Gasteiger partial charge in [0.25, 0.3) is 0 Å². The minimum absolute atomic E-state index is 0.638. The standard InChI is InChI=1S/C26H23N3O4S/c1-30-18-9-10-20-24(13-18)34-26(28-20)16-5-7-17(8-6-16)29-15-27-14-21(29)25-22(32-3)11-19(31-2)12-23(25)33-4/h5-15H,1-4H3. The summed E-state index contributed by atoms with van der Waals surface area (Å²) in [6.07, 6.45) is 3.57. The summed E-state index contributed by atoms with van der Waals surface area (Å²) in [4.78, 5) is 9.17. The molecule has 0 fully saturated rings. The third-order valence-electron chi connectivity index (χ3n) is 5.60. The van der Waals surface area contributed by atoms with Crippen molar-refractivity contribution < 1.29 is 18.9 Å². The van der Waals surface area contributed by atoms with Gasteiger partial charge < -0.3 is 18.9 Å². The molecule has 0 atom stereocenters. The number of nitrogens with zero attached hydrogens (tertiary/aromatic N) is 3. The van der Waals surface area contributed by atoms with Crippen LogP contribution in [0, 0.1) is 0 Å². The molecule has 0 unspecified atom stereocenters. The zero-order valence-corrected chi connectivity index (χ0v) is 20.1. The zero-order chi connectivity index (χ0) is 23.7. The van der Waals surface area contributed by atoms with Crippen molar-refractivity contribution in [2.24, 2.45) is 0 Å². The van der Waals surface area contributed by atoms with Gasteiger partial charge in [-0.2, -0.15) is 0 Å². The SMILES string of the molecule is COc1cc(OC)c(-c2cncn2-c2ccc(-c3nc4ccc(OC)cc4s3)cc2)c(OC)c1. The van der Waals surface area contributed by atoms with Crippen LogP contribution in [0.1, 0.15) is 0 Å². The Bertz CT molecular complexity index is 1430. The van der Waals surface area contributed by atoms with Crippen molar-refractivity contribution in [2.75, 3.05) is 28.4 Å². The van der Waals surface area contributed by atoms with E-state index in [2.05, 4.69) is 29.2 Å². The number of hydrogen-bond acceptors (Lipinski definition) is 7. The van der Waals surface area contributed by atoms with E-state index in [0.717, 1.165) is 43.5 Å². The first-order valence-corrected chi connectivity index (χ1v) is 11.3. The van der Waals surface area contributed by atoms with Crippen molar-refractivity contribution in [1.82, 2.24) is 14.5 Å². The van der Waals surface area contributed by atoms with E-state index in [-0.39, 0.29) is 0 Å². The fourth-order valence-corrected chi connectivity index (χ4v) is 4.86. The Morgan fingerprint density at radius 1 is 0.765 bits per heavy atom. The molecule has 0 aliphatic heterocycles. The Labute approximate surface area is 201 Å². The largest absolute Gasteiger partial charge is 0.497 e. The molecule has 0 aliphatic rings. The van der Waals surface area contributed by atoms with Crippen LogP contribution in [0.3, 0.4) is 0 Å². The second kappa shape index (κ2) is 9.07. The van der Waals surface area contributed by atoms with Gasteiger partial charge in [-0.3, -0.25) is 4.57 Å². The molecule has 8 heteroatoms. The average Bonchev–Trinajstić information content (AvgIpc) is 3.54. The molecule has 34 heavy (non-hydrogen) atoms. The lowest BCUT2D eigenvalue weighted by molar-refractivity contribution is 0.377. The summed E-state index contributed by atoms with van der Waals surface area (Å²) in [6.45, 7) is 0. The average molecular weight is 474 g/mol. The number of fused-ring (bicyclic) bond motifs is 1. The van der Waals surface area contributed by atoms with Gasteiger partial charge in [0.05, 0.1) is 62.4 Å². The minimum atomic E-state index is 0.638. The molecule has 0 radical (unpaired) electrons. The number of aromatic nitrogens is 3. The van der Waals surface area contributed by atoms with Crippen LogP contribution in [-0.2, 0) is 0 Å². The number of ether oxygens (including phenoxy) is 4. The van der Waals surface area contributed by atoms with Gasteiger partial charge >= 0.3 is 0 Å². The molecule has 2 aromatic heterocycles. The summed E-state index contributed by atoms with van der Waals surface area (Å²) < 4.78 is 25.1. The molecular weight excluding hydrogens is 450 g/mol. The molecule has 3 aromatic carbocycles. The van der Waals surface area contributed by atoms with Crippen LogP contribution in [0.15, 0.2) is 67.1 Å².